The van der Waals surface area contributed by atoms with E-state index in [4.69, 9.17) is 11.1 Å². The Morgan fingerprint density at radius 2 is 2.57 bits per heavy atom. The molecule has 2 aliphatic rings. The van der Waals surface area contributed by atoms with Crippen LogP contribution in [0.1, 0.15) is 19.3 Å². The number of rotatable bonds is 2. The molecule has 0 aromatic carbocycles. The van der Waals surface area contributed by atoms with Crippen LogP contribution in [-0.4, -0.2) is 36.8 Å². The van der Waals surface area contributed by atoms with E-state index in [0.717, 1.165) is 13.0 Å². The second kappa shape index (κ2) is 3.67. The molecular weight excluding hydrogens is 178 g/mol. The van der Waals surface area contributed by atoms with Gasteiger partial charge in [-0.05, 0) is 25.8 Å². The molecule has 0 aliphatic carbocycles. The molecule has 2 atom stereocenters. The molecule has 1 fully saturated rings. The minimum Gasteiger partial charge on any atom is -0.352 e. The molecule has 2 heterocycles. The van der Waals surface area contributed by atoms with E-state index in [-0.39, 0.29) is 11.5 Å². The zero-order valence-corrected chi connectivity index (χ0v) is 8.21. The lowest BCUT2D eigenvalue weighted by atomic mass is 9.91. The SMILES string of the molecule is N=C1N=CC(N)(C[C@@H]2CCCN2)CN1. The van der Waals surface area contributed by atoms with Gasteiger partial charge in [0.1, 0.15) is 0 Å². The van der Waals surface area contributed by atoms with Gasteiger partial charge in [-0.1, -0.05) is 0 Å². The quantitative estimate of drug-likeness (QED) is 0.476. The van der Waals surface area contributed by atoms with Crippen molar-refractivity contribution in [1.82, 2.24) is 10.6 Å². The van der Waals surface area contributed by atoms with E-state index < -0.39 is 0 Å². The van der Waals surface area contributed by atoms with E-state index in [2.05, 4.69) is 15.6 Å². The molecule has 2 aliphatic heterocycles. The predicted octanol–water partition coefficient (Wildman–Crippen LogP) is -0.565. The third kappa shape index (κ3) is 2.10. The molecule has 0 bridgehead atoms. The van der Waals surface area contributed by atoms with Crippen molar-refractivity contribution >= 4 is 12.2 Å². The van der Waals surface area contributed by atoms with E-state index in [1.165, 1.54) is 12.8 Å². The lowest BCUT2D eigenvalue weighted by molar-refractivity contribution is 0.429. The number of hydrogen-bond acceptors (Lipinski definition) is 3. The maximum atomic E-state index is 7.27. The van der Waals surface area contributed by atoms with Crippen LogP contribution in [0.5, 0.6) is 0 Å². The first-order valence-electron chi connectivity index (χ1n) is 5.08. The summed E-state index contributed by atoms with van der Waals surface area (Å²) < 4.78 is 0. The van der Waals surface area contributed by atoms with Gasteiger partial charge < -0.3 is 16.4 Å². The van der Waals surface area contributed by atoms with Crippen LogP contribution in [-0.2, 0) is 0 Å². The summed E-state index contributed by atoms with van der Waals surface area (Å²) >= 11 is 0. The molecule has 1 saturated heterocycles. The van der Waals surface area contributed by atoms with Gasteiger partial charge in [-0.15, -0.1) is 0 Å². The van der Waals surface area contributed by atoms with Crippen LogP contribution in [0, 0.1) is 5.41 Å². The summed E-state index contributed by atoms with van der Waals surface area (Å²) in [6.07, 6.45) is 5.05. The number of hydrogen-bond donors (Lipinski definition) is 4. The van der Waals surface area contributed by atoms with Crippen molar-refractivity contribution in [3.05, 3.63) is 0 Å². The third-order valence-corrected chi connectivity index (χ3v) is 2.82. The van der Waals surface area contributed by atoms with Gasteiger partial charge in [0.2, 0.25) is 5.96 Å². The van der Waals surface area contributed by atoms with E-state index >= 15 is 0 Å². The normalized spacial score (nSPS) is 37.2. The number of nitrogens with zero attached hydrogens (tertiary/aromatic N) is 1. The van der Waals surface area contributed by atoms with E-state index in [9.17, 15) is 0 Å². The van der Waals surface area contributed by atoms with Crippen LogP contribution in [0.25, 0.3) is 0 Å². The molecule has 0 saturated carbocycles. The molecule has 78 valence electrons. The summed E-state index contributed by atoms with van der Waals surface area (Å²) in [7, 11) is 0. The highest BCUT2D eigenvalue weighted by Crippen LogP contribution is 2.16. The fraction of sp³-hybridized carbons (Fsp3) is 0.778. The standard InChI is InChI=1S/C9H17N5/c10-8-13-5-9(11,6-14-8)4-7-2-1-3-12-7/h5,7,12H,1-4,6,11H2,(H2,10,14)/t7-,9?/m0/s1. The zero-order valence-electron chi connectivity index (χ0n) is 8.21. The Morgan fingerprint density at radius 3 is 3.14 bits per heavy atom. The van der Waals surface area contributed by atoms with Gasteiger partial charge in [-0.2, -0.15) is 0 Å². The monoisotopic (exact) mass is 195 g/mol. The Balaban J connectivity index is 1.95. The number of nitrogens with two attached hydrogens (primary N) is 1. The summed E-state index contributed by atoms with van der Waals surface area (Å²) in [4.78, 5) is 3.92. The van der Waals surface area contributed by atoms with Crippen LogP contribution in [0.3, 0.4) is 0 Å². The van der Waals surface area contributed by atoms with Crippen molar-refractivity contribution < 1.29 is 0 Å². The second-order valence-electron chi connectivity index (χ2n) is 4.19. The smallest absolute Gasteiger partial charge is 0.214 e. The Kier molecular flexibility index (Phi) is 2.52. The number of nitrogens with one attached hydrogen (secondary N) is 3. The van der Waals surface area contributed by atoms with Gasteiger partial charge in [-0.25, -0.2) is 4.99 Å². The van der Waals surface area contributed by atoms with E-state index in [0.29, 0.717) is 12.6 Å². The van der Waals surface area contributed by atoms with Crippen molar-refractivity contribution in [3.8, 4) is 0 Å². The van der Waals surface area contributed by atoms with Crippen molar-refractivity contribution in [1.29, 1.82) is 5.41 Å². The van der Waals surface area contributed by atoms with Crippen LogP contribution >= 0.6 is 0 Å². The lowest BCUT2D eigenvalue weighted by Crippen LogP contribution is -2.56. The molecule has 14 heavy (non-hydrogen) atoms. The topological polar surface area (TPSA) is 86.3 Å². The predicted molar refractivity (Wildman–Crippen MR) is 56.8 cm³/mol. The highest BCUT2D eigenvalue weighted by molar-refractivity contribution is 5.91. The fourth-order valence-electron chi connectivity index (χ4n) is 2.05. The molecule has 5 N–H and O–H groups in total. The Labute approximate surface area is 83.7 Å². The van der Waals surface area contributed by atoms with Gasteiger partial charge in [0.15, 0.2) is 0 Å². The molecular formula is C9H17N5. The van der Waals surface area contributed by atoms with E-state index in [1.54, 1.807) is 6.21 Å². The fourth-order valence-corrected chi connectivity index (χ4v) is 2.05. The summed E-state index contributed by atoms with van der Waals surface area (Å²) in [5.41, 5.74) is 5.77. The van der Waals surface area contributed by atoms with Crippen molar-refractivity contribution in [2.24, 2.45) is 10.7 Å². The van der Waals surface area contributed by atoms with Gasteiger partial charge in [0, 0.05) is 18.8 Å². The molecule has 0 aromatic heterocycles. The molecule has 0 amide bonds. The highest BCUT2D eigenvalue weighted by Gasteiger charge is 2.30. The molecule has 5 heteroatoms. The Bertz CT molecular complexity index is 256. The Morgan fingerprint density at radius 1 is 1.71 bits per heavy atom. The van der Waals surface area contributed by atoms with Crippen molar-refractivity contribution in [2.45, 2.75) is 30.8 Å². The first-order chi connectivity index (χ1) is 6.68. The average molecular weight is 195 g/mol. The van der Waals surface area contributed by atoms with Crippen LogP contribution in [0.15, 0.2) is 4.99 Å². The molecule has 2 rings (SSSR count). The molecule has 0 radical (unpaired) electrons. The van der Waals surface area contributed by atoms with Gasteiger partial charge >= 0.3 is 0 Å². The summed E-state index contributed by atoms with van der Waals surface area (Å²) in [6.45, 7) is 1.72. The minimum absolute atomic E-state index is 0.213. The first-order valence-corrected chi connectivity index (χ1v) is 5.08. The minimum atomic E-state index is -0.382. The van der Waals surface area contributed by atoms with Gasteiger partial charge in [-0.3, -0.25) is 5.41 Å². The zero-order chi connectivity index (χ0) is 10.0. The van der Waals surface area contributed by atoms with Crippen molar-refractivity contribution in [3.63, 3.8) is 0 Å². The number of guanidine groups is 1. The number of aliphatic imine (C=N–C) groups is 1. The summed E-state index contributed by atoms with van der Waals surface area (Å²) in [5, 5.41) is 13.6. The van der Waals surface area contributed by atoms with Crippen molar-refractivity contribution in [2.75, 3.05) is 13.1 Å². The first kappa shape index (κ1) is 9.61. The third-order valence-electron chi connectivity index (χ3n) is 2.82. The van der Waals surface area contributed by atoms with Crippen LogP contribution in [0.2, 0.25) is 0 Å². The maximum absolute atomic E-state index is 7.27. The molecule has 1 unspecified atom stereocenters. The molecule has 5 nitrogen and oxygen atoms in total. The van der Waals surface area contributed by atoms with Crippen LogP contribution in [0.4, 0.5) is 0 Å². The van der Waals surface area contributed by atoms with Crippen LogP contribution < -0.4 is 16.4 Å². The maximum Gasteiger partial charge on any atom is 0.214 e. The second-order valence-corrected chi connectivity index (χ2v) is 4.19. The largest absolute Gasteiger partial charge is 0.352 e. The molecule has 0 spiro atoms. The van der Waals surface area contributed by atoms with Gasteiger partial charge in [0.05, 0.1) is 5.54 Å². The summed E-state index contributed by atoms with van der Waals surface area (Å²) in [5.74, 6) is 0.213. The molecule has 0 aromatic rings. The Hall–Kier alpha value is -0.940. The van der Waals surface area contributed by atoms with Gasteiger partial charge in [0.25, 0.3) is 0 Å². The highest BCUT2D eigenvalue weighted by atomic mass is 15.1. The average Bonchev–Trinajstić information content (AvgIpc) is 2.63. The summed E-state index contributed by atoms with van der Waals surface area (Å²) in [6, 6.07) is 0.514. The lowest BCUT2D eigenvalue weighted by Gasteiger charge is -2.31. The van der Waals surface area contributed by atoms with E-state index in [1.807, 2.05) is 0 Å².